The summed E-state index contributed by atoms with van der Waals surface area (Å²) in [4.78, 5) is 8.76. The molecule has 1 heterocycles. The van der Waals surface area contributed by atoms with E-state index in [-0.39, 0.29) is 4.90 Å². The van der Waals surface area contributed by atoms with Crippen LogP contribution in [0.2, 0.25) is 0 Å². The standard InChI is InChI=1S/C21H19N3O3S/c1-27-17-6-5-15-9-14(3-4-16(15)10-17)12-22-21-19-11-18(28(2,25)26)7-8-20(19)23-13-24-21/h3-11,13H,12H2,1-2H3,(H,22,23,24). The Hall–Kier alpha value is -3.19. The lowest BCUT2D eigenvalue weighted by Crippen LogP contribution is -2.04. The molecule has 0 amide bonds. The van der Waals surface area contributed by atoms with E-state index >= 15 is 0 Å². The maximum absolute atomic E-state index is 11.9. The van der Waals surface area contributed by atoms with Gasteiger partial charge in [-0.3, -0.25) is 0 Å². The fourth-order valence-electron chi connectivity index (χ4n) is 3.10. The Morgan fingerprint density at radius 2 is 1.75 bits per heavy atom. The molecule has 0 saturated carbocycles. The zero-order chi connectivity index (χ0) is 19.7. The van der Waals surface area contributed by atoms with Gasteiger partial charge in [-0.25, -0.2) is 18.4 Å². The second-order valence-electron chi connectivity index (χ2n) is 6.57. The van der Waals surface area contributed by atoms with Gasteiger partial charge in [-0.1, -0.05) is 18.2 Å². The number of hydrogen-bond donors (Lipinski definition) is 1. The lowest BCUT2D eigenvalue weighted by atomic mass is 10.1. The van der Waals surface area contributed by atoms with Gasteiger partial charge in [0.1, 0.15) is 17.9 Å². The number of fused-ring (bicyclic) bond motifs is 2. The summed E-state index contributed by atoms with van der Waals surface area (Å²) in [6, 6.07) is 17.0. The predicted molar refractivity (Wildman–Crippen MR) is 110 cm³/mol. The van der Waals surface area contributed by atoms with Crippen molar-refractivity contribution in [1.82, 2.24) is 9.97 Å². The first kappa shape index (κ1) is 18.2. The van der Waals surface area contributed by atoms with E-state index in [1.807, 2.05) is 24.3 Å². The molecule has 0 aliphatic heterocycles. The molecule has 0 aliphatic rings. The number of nitrogens with one attached hydrogen (secondary N) is 1. The molecule has 3 aromatic carbocycles. The highest BCUT2D eigenvalue weighted by Crippen LogP contribution is 2.25. The van der Waals surface area contributed by atoms with E-state index in [0.29, 0.717) is 23.3 Å². The lowest BCUT2D eigenvalue weighted by molar-refractivity contribution is 0.415. The SMILES string of the molecule is COc1ccc2cc(CNc3ncnc4ccc(S(C)(=O)=O)cc34)ccc2c1. The highest BCUT2D eigenvalue weighted by molar-refractivity contribution is 7.90. The molecular formula is C21H19N3O3S. The van der Waals surface area contributed by atoms with Crippen molar-refractivity contribution in [2.45, 2.75) is 11.4 Å². The van der Waals surface area contributed by atoms with E-state index in [1.165, 1.54) is 12.6 Å². The summed E-state index contributed by atoms with van der Waals surface area (Å²) in [6.45, 7) is 0.553. The number of nitrogens with zero attached hydrogens (tertiary/aromatic N) is 2. The first-order valence-corrected chi connectivity index (χ1v) is 10.6. The maximum atomic E-state index is 11.9. The fraction of sp³-hybridized carbons (Fsp3) is 0.143. The number of benzene rings is 3. The van der Waals surface area contributed by atoms with Crippen molar-refractivity contribution in [2.24, 2.45) is 0 Å². The zero-order valence-corrected chi connectivity index (χ0v) is 16.3. The van der Waals surface area contributed by atoms with E-state index in [9.17, 15) is 8.42 Å². The van der Waals surface area contributed by atoms with Gasteiger partial charge in [0, 0.05) is 18.2 Å². The van der Waals surface area contributed by atoms with Crippen LogP contribution in [0.4, 0.5) is 5.82 Å². The van der Waals surface area contributed by atoms with Crippen LogP contribution >= 0.6 is 0 Å². The van der Waals surface area contributed by atoms with Crippen LogP contribution in [0.5, 0.6) is 5.75 Å². The van der Waals surface area contributed by atoms with E-state index in [4.69, 9.17) is 4.74 Å². The van der Waals surface area contributed by atoms with Crippen LogP contribution in [-0.2, 0) is 16.4 Å². The second kappa shape index (κ2) is 7.09. The van der Waals surface area contributed by atoms with E-state index in [0.717, 1.165) is 22.1 Å². The molecule has 6 nitrogen and oxygen atoms in total. The average Bonchev–Trinajstić information content (AvgIpc) is 2.70. The minimum absolute atomic E-state index is 0.248. The minimum Gasteiger partial charge on any atom is -0.497 e. The van der Waals surface area contributed by atoms with Crippen LogP contribution in [0.25, 0.3) is 21.7 Å². The van der Waals surface area contributed by atoms with Crippen LogP contribution in [-0.4, -0.2) is 31.8 Å². The zero-order valence-electron chi connectivity index (χ0n) is 15.5. The molecule has 1 N–H and O–H groups in total. The number of anilines is 1. The van der Waals surface area contributed by atoms with Crippen molar-refractivity contribution < 1.29 is 13.2 Å². The number of aromatic nitrogens is 2. The van der Waals surface area contributed by atoms with Crippen LogP contribution < -0.4 is 10.1 Å². The Morgan fingerprint density at radius 1 is 0.964 bits per heavy atom. The molecule has 0 saturated heterocycles. The van der Waals surface area contributed by atoms with Crippen LogP contribution in [0.15, 0.2) is 65.8 Å². The minimum atomic E-state index is -3.30. The third-order valence-corrected chi connectivity index (χ3v) is 5.72. The van der Waals surface area contributed by atoms with Crippen molar-refractivity contribution in [3.05, 3.63) is 66.5 Å². The van der Waals surface area contributed by atoms with Crippen LogP contribution in [0.1, 0.15) is 5.56 Å². The first-order chi connectivity index (χ1) is 13.4. The van der Waals surface area contributed by atoms with Crippen LogP contribution in [0.3, 0.4) is 0 Å². The Labute approximate surface area is 163 Å². The maximum Gasteiger partial charge on any atom is 0.175 e. The Kier molecular flexibility index (Phi) is 4.60. The number of hydrogen-bond acceptors (Lipinski definition) is 6. The summed E-state index contributed by atoms with van der Waals surface area (Å²) < 4.78 is 29.0. The number of sulfone groups is 1. The normalized spacial score (nSPS) is 11.6. The van der Waals surface area contributed by atoms with Gasteiger partial charge < -0.3 is 10.1 Å². The van der Waals surface area contributed by atoms with E-state index < -0.39 is 9.84 Å². The average molecular weight is 393 g/mol. The molecule has 0 atom stereocenters. The number of methoxy groups -OCH3 is 1. The molecule has 4 aromatic rings. The van der Waals surface area contributed by atoms with Gasteiger partial charge in [0.2, 0.25) is 0 Å². The quantitative estimate of drug-likeness (QED) is 0.555. The fourth-order valence-corrected chi connectivity index (χ4v) is 3.75. The molecule has 0 radical (unpaired) electrons. The third kappa shape index (κ3) is 3.61. The summed E-state index contributed by atoms with van der Waals surface area (Å²) in [5.74, 6) is 1.43. The highest BCUT2D eigenvalue weighted by atomic mass is 32.2. The second-order valence-corrected chi connectivity index (χ2v) is 8.59. The van der Waals surface area contributed by atoms with Gasteiger partial charge >= 0.3 is 0 Å². The molecule has 0 spiro atoms. The highest BCUT2D eigenvalue weighted by Gasteiger charge is 2.11. The Bertz CT molecular complexity index is 1290. The monoisotopic (exact) mass is 393 g/mol. The molecular weight excluding hydrogens is 374 g/mol. The van der Waals surface area contributed by atoms with E-state index in [2.05, 4.69) is 27.4 Å². The molecule has 28 heavy (non-hydrogen) atoms. The van der Waals surface area contributed by atoms with E-state index in [1.54, 1.807) is 25.3 Å². The third-order valence-electron chi connectivity index (χ3n) is 4.61. The first-order valence-electron chi connectivity index (χ1n) is 8.69. The van der Waals surface area contributed by atoms with Gasteiger partial charge in [0.25, 0.3) is 0 Å². The van der Waals surface area contributed by atoms with Gasteiger partial charge in [-0.15, -0.1) is 0 Å². The smallest absolute Gasteiger partial charge is 0.175 e. The van der Waals surface area contributed by atoms with Crippen molar-refractivity contribution in [2.75, 3.05) is 18.7 Å². The molecule has 0 fully saturated rings. The number of rotatable bonds is 5. The van der Waals surface area contributed by atoms with Gasteiger partial charge in [0.15, 0.2) is 9.84 Å². The molecule has 0 aliphatic carbocycles. The summed E-state index contributed by atoms with van der Waals surface area (Å²) in [5, 5.41) is 6.20. The molecule has 7 heteroatoms. The summed E-state index contributed by atoms with van der Waals surface area (Å²) in [5.41, 5.74) is 1.78. The molecule has 0 unspecified atom stereocenters. The predicted octanol–water partition coefficient (Wildman–Crippen LogP) is 3.81. The van der Waals surface area contributed by atoms with Gasteiger partial charge in [0.05, 0.1) is 17.5 Å². The van der Waals surface area contributed by atoms with Crippen molar-refractivity contribution in [1.29, 1.82) is 0 Å². The van der Waals surface area contributed by atoms with Gasteiger partial charge in [-0.05, 0) is 52.7 Å². The van der Waals surface area contributed by atoms with Crippen LogP contribution in [0, 0.1) is 0 Å². The summed E-state index contributed by atoms with van der Waals surface area (Å²) in [7, 11) is -1.65. The van der Waals surface area contributed by atoms with Crippen molar-refractivity contribution in [3.8, 4) is 5.75 Å². The number of ether oxygens (including phenoxy) is 1. The molecule has 4 rings (SSSR count). The lowest BCUT2D eigenvalue weighted by Gasteiger charge is -2.10. The molecule has 1 aromatic heterocycles. The largest absolute Gasteiger partial charge is 0.497 e. The Morgan fingerprint density at radius 3 is 2.54 bits per heavy atom. The summed E-state index contributed by atoms with van der Waals surface area (Å²) in [6.07, 6.45) is 2.66. The summed E-state index contributed by atoms with van der Waals surface area (Å²) >= 11 is 0. The topological polar surface area (TPSA) is 81.2 Å². The molecule has 0 bridgehead atoms. The molecule has 142 valence electrons. The van der Waals surface area contributed by atoms with Gasteiger partial charge in [-0.2, -0.15) is 0 Å². The van der Waals surface area contributed by atoms with Crippen molar-refractivity contribution in [3.63, 3.8) is 0 Å². The van der Waals surface area contributed by atoms with Crippen molar-refractivity contribution >= 4 is 37.3 Å². The Balaban J connectivity index is 1.64.